The molecule has 0 radical (unpaired) electrons. The second-order valence-electron chi connectivity index (χ2n) is 6.75. The molecule has 2 aromatic rings. The average molecular weight is 292 g/mol. The maximum absolute atomic E-state index is 12.5. The van der Waals surface area contributed by atoms with Gasteiger partial charge in [0, 0.05) is 29.0 Å². The summed E-state index contributed by atoms with van der Waals surface area (Å²) < 4.78 is 0. The number of aromatic amines is 1. The predicted molar refractivity (Wildman–Crippen MR) is 86.8 cm³/mol. The summed E-state index contributed by atoms with van der Waals surface area (Å²) in [7, 11) is 0. The third-order valence-electron chi connectivity index (χ3n) is 5.19. The molecule has 1 atom stereocenters. The number of fused-ring (bicyclic) bond motifs is 1. The van der Waals surface area contributed by atoms with Crippen LogP contribution in [-0.2, 0) is 11.8 Å². The second kappa shape index (κ2) is 4.94. The van der Waals surface area contributed by atoms with Crippen LogP contribution in [0.4, 0.5) is 0 Å². The van der Waals surface area contributed by atoms with E-state index in [1.807, 2.05) is 6.07 Å². The number of benzene rings is 1. The van der Waals surface area contributed by atoms with Gasteiger partial charge in [0.15, 0.2) is 5.78 Å². The minimum Gasteiger partial charge on any atom is -0.292 e. The summed E-state index contributed by atoms with van der Waals surface area (Å²) >= 11 is 0. The van der Waals surface area contributed by atoms with E-state index in [1.165, 1.54) is 12.0 Å². The zero-order valence-electron chi connectivity index (χ0n) is 12.8. The minimum atomic E-state index is -0.0441. The standard InChI is InChI=1S/C19H20N2O/c1-19(14-8-3-2-4-9-14)11-10-15-16(12-19)20-21-17(15)18(22)13-6-5-7-13/h2-4,8-11,13H,5-7,12H2,1H3,(H,20,21). The molecule has 1 N–H and O–H groups in total. The molecule has 1 fully saturated rings. The molecule has 0 amide bonds. The van der Waals surface area contributed by atoms with Crippen LogP contribution in [0.5, 0.6) is 0 Å². The zero-order chi connectivity index (χ0) is 15.2. The van der Waals surface area contributed by atoms with E-state index in [0.717, 1.165) is 30.5 Å². The fraction of sp³-hybridized carbons (Fsp3) is 0.368. The van der Waals surface area contributed by atoms with Crippen LogP contribution >= 0.6 is 0 Å². The van der Waals surface area contributed by atoms with Gasteiger partial charge in [0.2, 0.25) is 0 Å². The number of allylic oxidation sites excluding steroid dienone is 1. The highest BCUT2D eigenvalue weighted by molar-refractivity contribution is 6.00. The van der Waals surface area contributed by atoms with Crippen LogP contribution in [0.3, 0.4) is 0 Å². The van der Waals surface area contributed by atoms with E-state index in [9.17, 15) is 4.79 Å². The molecule has 4 rings (SSSR count). The summed E-state index contributed by atoms with van der Waals surface area (Å²) in [5.74, 6) is 0.417. The molecule has 112 valence electrons. The number of carbonyl (C=O) groups excluding carboxylic acids is 1. The van der Waals surface area contributed by atoms with E-state index in [-0.39, 0.29) is 17.1 Å². The van der Waals surface area contributed by atoms with Gasteiger partial charge in [0.05, 0.1) is 0 Å². The smallest absolute Gasteiger partial charge is 0.186 e. The molecule has 3 nitrogen and oxygen atoms in total. The van der Waals surface area contributed by atoms with E-state index >= 15 is 0 Å². The van der Waals surface area contributed by atoms with Crippen LogP contribution in [-0.4, -0.2) is 16.0 Å². The molecule has 0 saturated heterocycles. The van der Waals surface area contributed by atoms with E-state index in [0.29, 0.717) is 5.69 Å². The van der Waals surface area contributed by atoms with Crippen LogP contribution in [0.15, 0.2) is 36.4 Å². The Labute approximate surface area is 130 Å². The number of rotatable bonds is 3. The number of carbonyl (C=O) groups is 1. The summed E-state index contributed by atoms with van der Waals surface area (Å²) in [5.41, 5.74) is 3.98. The van der Waals surface area contributed by atoms with E-state index < -0.39 is 0 Å². The first kappa shape index (κ1) is 13.5. The van der Waals surface area contributed by atoms with Gasteiger partial charge >= 0.3 is 0 Å². The molecule has 1 heterocycles. The molecule has 1 aromatic carbocycles. The van der Waals surface area contributed by atoms with Gasteiger partial charge in [-0.3, -0.25) is 9.89 Å². The molecule has 0 aliphatic heterocycles. The van der Waals surface area contributed by atoms with Gasteiger partial charge in [-0.1, -0.05) is 55.8 Å². The molecule has 0 spiro atoms. The normalized spacial score (nSPS) is 23.9. The van der Waals surface area contributed by atoms with Crippen molar-refractivity contribution in [1.29, 1.82) is 0 Å². The number of H-pyrrole nitrogens is 1. The number of nitrogens with one attached hydrogen (secondary N) is 1. The Morgan fingerprint density at radius 2 is 2.05 bits per heavy atom. The van der Waals surface area contributed by atoms with Gasteiger partial charge in [0.1, 0.15) is 5.69 Å². The molecule has 3 heteroatoms. The van der Waals surface area contributed by atoms with Gasteiger partial charge in [-0.15, -0.1) is 0 Å². The van der Waals surface area contributed by atoms with Gasteiger partial charge < -0.3 is 0 Å². The monoisotopic (exact) mass is 292 g/mol. The van der Waals surface area contributed by atoms with Crippen LogP contribution in [0, 0.1) is 5.92 Å². The molecule has 2 aliphatic carbocycles. The first-order valence-corrected chi connectivity index (χ1v) is 8.03. The molecule has 1 unspecified atom stereocenters. The first-order chi connectivity index (χ1) is 10.7. The molecule has 0 bridgehead atoms. The highest BCUT2D eigenvalue weighted by atomic mass is 16.1. The van der Waals surface area contributed by atoms with Crippen molar-refractivity contribution in [2.75, 3.05) is 0 Å². The lowest BCUT2D eigenvalue weighted by atomic mass is 9.74. The Morgan fingerprint density at radius 1 is 1.27 bits per heavy atom. The van der Waals surface area contributed by atoms with E-state index in [1.54, 1.807) is 0 Å². The molecular weight excluding hydrogens is 272 g/mol. The molecular formula is C19H20N2O. The fourth-order valence-corrected chi connectivity index (χ4v) is 3.46. The molecule has 2 aliphatic rings. The summed E-state index contributed by atoms with van der Waals surface area (Å²) in [6.07, 6.45) is 8.37. The predicted octanol–water partition coefficient (Wildman–Crippen LogP) is 3.92. The lowest BCUT2D eigenvalue weighted by Gasteiger charge is -2.29. The number of aromatic nitrogens is 2. The van der Waals surface area contributed by atoms with Gasteiger partial charge in [0.25, 0.3) is 0 Å². The number of hydrogen-bond acceptors (Lipinski definition) is 2. The molecule has 1 saturated carbocycles. The van der Waals surface area contributed by atoms with Crippen molar-refractivity contribution >= 4 is 11.9 Å². The summed E-state index contributed by atoms with van der Waals surface area (Å²) in [5, 5.41) is 7.45. The number of nitrogens with zero attached hydrogens (tertiary/aromatic N) is 1. The van der Waals surface area contributed by atoms with Gasteiger partial charge in [-0.2, -0.15) is 5.10 Å². The lowest BCUT2D eigenvalue weighted by Crippen LogP contribution is -2.26. The van der Waals surface area contributed by atoms with Crippen molar-refractivity contribution in [3.63, 3.8) is 0 Å². The Hall–Kier alpha value is -2.16. The summed E-state index contributed by atoms with van der Waals surface area (Å²) in [6, 6.07) is 10.5. The van der Waals surface area contributed by atoms with Crippen molar-refractivity contribution in [2.24, 2.45) is 5.92 Å². The van der Waals surface area contributed by atoms with Crippen molar-refractivity contribution < 1.29 is 4.79 Å². The Balaban J connectivity index is 1.67. The number of Topliss-reactive ketones (excluding diaryl/α,β-unsaturated/α-hetero) is 1. The quantitative estimate of drug-likeness (QED) is 0.871. The lowest BCUT2D eigenvalue weighted by molar-refractivity contribution is 0.0849. The second-order valence-corrected chi connectivity index (χ2v) is 6.75. The zero-order valence-corrected chi connectivity index (χ0v) is 12.8. The van der Waals surface area contributed by atoms with Crippen LogP contribution in [0.2, 0.25) is 0 Å². The number of ketones is 1. The van der Waals surface area contributed by atoms with Crippen molar-refractivity contribution in [3.8, 4) is 0 Å². The van der Waals surface area contributed by atoms with E-state index in [2.05, 4.69) is 53.5 Å². The fourth-order valence-electron chi connectivity index (χ4n) is 3.46. The number of hydrogen-bond donors (Lipinski definition) is 1. The summed E-state index contributed by atoms with van der Waals surface area (Å²) in [6.45, 7) is 2.23. The maximum atomic E-state index is 12.5. The Morgan fingerprint density at radius 3 is 2.73 bits per heavy atom. The van der Waals surface area contributed by atoms with Gasteiger partial charge in [-0.25, -0.2) is 0 Å². The third kappa shape index (κ3) is 2.04. The van der Waals surface area contributed by atoms with Crippen LogP contribution in [0.1, 0.15) is 53.5 Å². The molecule has 1 aromatic heterocycles. The van der Waals surface area contributed by atoms with Gasteiger partial charge in [-0.05, 0) is 18.4 Å². The third-order valence-corrected chi connectivity index (χ3v) is 5.19. The first-order valence-electron chi connectivity index (χ1n) is 8.03. The average Bonchev–Trinajstić information content (AvgIpc) is 2.89. The SMILES string of the molecule is CC1(c2ccccc2)C=Cc2c(C(=O)C3CCC3)n[nH]c2C1. The summed E-state index contributed by atoms with van der Waals surface area (Å²) in [4.78, 5) is 12.5. The Bertz CT molecular complexity index is 740. The van der Waals surface area contributed by atoms with Crippen molar-refractivity contribution in [1.82, 2.24) is 10.2 Å². The highest BCUT2D eigenvalue weighted by Crippen LogP contribution is 2.37. The topological polar surface area (TPSA) is 45.8 Å². The largest absolute Gasteiger partial charge is 0.292 e. The van der Waals surface area contributed by atoms with Crippen molar-refractivity contribution in [3.05, 3.63) is 58.9 Å². The van der Waals surface area contributed by atoms with Crippen LogP contribution in [0.25, 0.3) is 6.08 Å². The van der Waals surface area contributed by atoms with Crippen LogP contribution < -0.4 is 0 Å². The molecule has 22 heavy (non-hydrogen) atoms. The van der Waals surface area contributed by atoms with E-state index in [4.69, 9.17) is 0 Å². The minimum absolute atomic E-state index is 0.0441. The maximum Gasteiger partial charge on any atom is 0.186 e. The highest BCUT2D eigenvalue weighted by Gasteiger charge is 2.34. The Kier molecular flexibility index (Phi) is 3.03. The van der Waals surface area contributed by atoms with Crippen molar-refractivity contribution in [2.45, 2.75) is 38.0 Å².